The second kappa shape index (κ2) is 12.1. The summed E-state index contributed by atoms with van der Waals surface area (Å²) in [6.07, 6.45) is 6.86. The second-order valence-electron chi connectivity index (χ2n) is 11.1. The SMILES string of the molecule is CC1CN(c2ccncc2NC(=O)c2nc3cc(N4CCN(C)C(=O)C4)ccc3cc2N)CC(N)C1NC=CN(C)N. The van der Waals surface area contributed by atoms with Crippen LogP contribution in [0.3, 0.4) is 0 Å². The zero-order valence-electron chi connectivity index (χ0n) is 24.2. The number of piperazine rings is 1. The fourth-order valence-electron chi connectivity index (χ4n) is 5.55. The van der Waals surface area contributed by atoms with Crippen LogP contribution >= 0.6 is 0 Å². The van der Waals surface area contributed by atoms with Crippen LogP contribution in [-0.2, 0) is 4.79 Å². The highest BCUT2D eigenvalue weighted by atomic mass is 16.2. The molecule has 13 nitrogen and oxygen atoms in total. The predicted molar refractivity (Wildman–Crippen MR) is 166 cm³/mol. The average Bonchev–Trinajstić information content (AvgIpc) is 2.95. The quantitative estimate of drug-likeness (QED) is 0.199. The Morgan fingerprint density at radius 2 is 1.98 bits per heavy atom. The summed E-state index contributed by atoms with van der Waals surface area (Å²) in [6, 6.07) is 9.25. The van der Waals surface area contributed by atoms with Gasteiger partial charge in [-0.3, -0.25) is 14.6 Å². The lowest BCUT2D eigenvalue weighted by atomic mass is 9.90. The molecule has 3 atom stereocenters. The zero-order chi connectivity index (χ0) is 30.0. The second-order valence-corrected chi connectivity index (χ2v) is 11.1. The van der Waals surface area contributed by atoms with E-state index in [9.17, 15) is 9.59 Å². The van der Waals surface area contributed by atoms with E-state index in [0.717, 1.165) is 29.9 Å². The minimum atomic E-state index is -0.436. The van der Waals surface area contributed by atoms with Gasteiger partial charge in [-0.15, -0.1) is 0 Å². The van der Waals surface area contributed by atoms with Crippen LogP contribution in [0.25, 0.3) is 10.9 Å². The number of anilines is 4. The molecule has 0 spiro atoms. The molecule has 0 bridgehead atoms. The molecule has 2 fully saturated rings. The number of hydrogen-bond acceptors (Lipinski definition) is 11. The molecule has 42 heavy (non-hydrogen) atoms. The fraction of sp³-hybridized carbons (Fsp3) is 0.379. The number of hydrazine groups is 1. The summed E-state index contributed by atoms with van der Waals surface area (Å²) in [5.74, 6) is 5.49. The van der Waals surface area contributed by atoms with E-state index in [-0.39, 0.29) is 35.3 Å². The molecule has 0 saturated carbocycles. The maximum Gasteiger partial charge on any atom is 0.276 e. The van der Waals surface area contributed by atoms with Crippen molar-refractivity contribution in [3.05, 3.63) is 60.8 Å². The van der Waals surface area contributed by atoms with Gasteiger partial charge >= 0.3 is 0 Å². The van der Waals surface area contributed by atoms with Gasteiger partial charge in [0.15, 0.2) is 5.69 Å². The number of carbonyl (C=O) groups is 2. The molecule has 2 aliphatic heterocycles. The van der Waals surface area contributed by atoms with Gasteiger partial charge in [-0.25, -0.2) is 10.8 Å². The number of nitrogen functional groups attached to an aromatic ring is 1. The van der Waals surface area contributed by atoms with Gasteiger partial charge in [-0.2, -0.15) is 0 Å². The van der Waals surface area contributed by atoms with Crippen LogP contribution in [-0.4, -0.2) is 90.6 Å². The molecular formula is C29H39N11O2. The molecule has 1 aromatic carbocycles. The third-order valence-electron chi connectivity index (χ3n) is 7.87. The Kier molecular flexibility index (Phi) is 8.31. The summed E-state index contributed by atoms with van der Waals surface area (Å²) in [7, 11) is 3.55. The molecule has 8 N–H and O–H groups in total. The van der Waals surface area contributed by atoms with E-state index >= 15 is 0 Å². The van der Waals surface area contributed by atoms with Gasteiger partial charge in [0.2, 0.25) is 5.91 Å². The maximum absolute atomic E-state index is 13.5. The molecule has 3 aromatic rings. The Morgan fingerprint density at radius 3 is 2.71 bits per heavy atom. The lowest BCUT2D eigenvalue weighted by molar-refractivity contribution is -0.129. The molecule has 4 heterocycles. The number of nitrogens with two attached hydrogens (primary N) is 3. The molecule has 13 heteroatoms. The van der Waals surface area contributed by atoms with Crippen molar-refractivity contribution < 1.29 is 9.59 Å². The largest absolute Gasteiger partial charge is 0.397 e. The summed E-state index contributed by atoms with van der Waals surface area (Å²) in [4.78, 5) is 40.5. The minimum absolute atomic E-state index is 0.0612. The van der Waals surface area contributed by atoms with Gasteiger partial charge in [0, 0.05) is 82.0 Å². The predicted octanol–water partition coefficient (Wildman–Crippen LogP) is 0.761. The van der Waals surface area contributed by atoms with Crippen molar-refractivity contribution in [2.75, 3.05) is 67.7 Å². The third kappa shape index (κ3) is 6.16. The maximum atomic E-state index is 13.5. The molecule has 5 rings (SSSR count). The van der Waals surface area contributed by atoms with Crippen molar-refractivity contribution in [3.63, 3.8) is 0 Å². The Bertz CT molecular complexity index is 1480. The third-order valence-corrected chi connectivity index (χ3v) is 7.87. The Labute approximate surface area is 245 Å². The van der Waals surface area contributed by atoms with Crippen molar-refractivity contribution >= 4 is 45.5 Å². The van der Waals surface area contributed by atoms with E-state index < -0.39 is 5.91 Å². The van der Waals surface area contributed by atoms with Crippen LogP contribution in [0.4, 0.5) is 22.7 Å². The topological polar surface area (TPSA) is 175 Å². The molecule has 0 aliphatic carbocycles. The molecule has 222 valence electrons. The van der Waals surface area contributed by atoms with Crippen molar-refractivity contribution in [2.24, 2.45) is 17.5 Å². The van der Waals surface area contributed by atoms with Crippen molar-refractivity contribution in [1.29, 1.82) is 0 Å². The first kappa shape index (κ1) is 28.9. The number of pyridine rings is 2. The normalized spacial score (nSPS) is 21.2. The first-order valence-corrected chi connectivity index (χ1v) is 14.0. The highest BCUT2D eigenvalue weighted by Gasteiger charge is 2.33. The number of fused-ring (bicyclic) bond motifs is 1. The Morgan fingerprint density at radius 1 is 1.17 bits per heavy atom. The van der Waals surface area contributed by atoms with Crippen LogP contribution < -0.4 is 37.7 Å². The van der Waals surface area contributed by atoms with E-state index in [0.29, 0.717) is 30.8 Å². The summed E-state index contributed by atoms with van der Waals surface area (Å²) >= 11 is 0. The number of hydrogen-bond donors (Lipinski definition) is 5. The standard InChI is InChI=1S/C29H39N11O2/c1-18-15-40(16-22(31)27(18)34-8-9-38(3)32)25-6-7-33-14-24(25)36-29(42)28-21(30)12-19-4-5-20(13-23(19)35-28)39-11-10-37(2)26(41)17-39/h4-9,12-14,18,22,27,34H,10-11,15-17,30-32H2,1-3H3,(H,36,42). The number of amides is 2. The number of carbonyl (C=O) groups excluding carboxylic acids is 2. The molecule has 2 aromatic heterocycles. The number of nitrogens with zero attached hydrogens (tertiary/aromatic N) is 6. The van der Waals surface area contributed by atoms with Gasteiger partial charge in [0.25, 0.3) is 5.91 Å². The summed E-state index contributed by atoms with van der Waals surface area (Å²) in [5, 5.41) is 8.61. The van der Waals surface area contributed by atoms with Gasteiger partial charge in [0.1, 0.15) is 0 Å². The zero-order valence-corrected chi connectivity index (χ0v) is 24.2. The molecule has 3 unspecified atom stereocenters. The van der Waals surface area contributed by atoms with Crippen LogP contribution in [0.5, 0.6) is 0 Å². The van der Waals surface area contributed by atoms with E-state index in [1.807, 2.05) is 35.4 Å². The number of piperidine rings is 1. The van der Waals surface area contributed by atoms with Gasteiger partial charge in [-0.05, 0) is 30.2 Å². The summed E-state index contributed by atoms with van der Waals surface area (Å²) < 4.78 is 0. The van der Waals surface area contributed by atoms with Crippen molar-refractivity contribution in [3.8, 4) is 0 Å². The number of likely N-dealkylation sites (N-methyl/N-ethyl adjacent to an activating group) is 1. The van der Waals surface area contributed by atoms with Gasteiger partial charge in [0.05, 0.1) is 35.3 Å². The van der Waals surface area contributed by atoms with E-state index in [1.54, 1.807) is 43.7 Å². The number of rotatable bonds is 7. The van der Waals surface area contributed by atoms with Crippen molar-refractivity contribution in [1.82, 2.24) is 25.2 Å². The van der Waals surface area contributed by atoms with E-state index in [2.05, 4.69) is 32.4 Å². The molecule has 2 aliphatic rings. The van der Waals surface area contributed by atoms with Crippen molar-refractivity contribution in [2.45, 2.75) is 19.0 Å². The summed E-state index contributed by atoms with van der Waals surface area (Å²) in [6.45, 7) is 5.10. The smallest absolute Gasteiger partial charge is 0.276 e. The number of nitrogens with one attached hydrogen (secondary N) is 2. The summed E-state index contributed by atoms with van der Waals surface area (Å²) in [5.41, 5.74) is 16.1. The average molecular weight is 574 g/mol. The van der Waals surface area contributed by atoms with Gasteiger partial charge < -0.3 is 41.8 Å². The molecular weight excluding hydrogens is 534 g/mol. The fourth-order valence-corrected chi connectivity index (χ4v) is 5.55. The Balaban J connectivity index is 1.34. The highest BCUT2D eigenvalue weighted by Crippen LogP contribution is 2.31. The lowest BCUT2D eigenvalue weighted by Gasteiger charge is -2.42. The lowest BCUT2D eigenvalue weighted by Crippen LogP contribution is -2.60. The first-order valence-electron chi connectivity index (χ1n) is 14.0. The first-order chi connectivity index (χ1) is 20.1. The van der Waals surface area contributed by atoms with Crippen LogP contribution in [0.2, 0.25) is 0 Å². The van der Waals surface area contributed by atoms with E-state index in [1.165, 1.54) is 5.01 Å². The molecule has 2 saturated heterocycles. The highest BCUT2D eigenvalue weighted by molar-refractivity contribution is 6.09. The van der Waals surface area contributed by atoms with Gasteiger partial charge in [-0.1, -0.05) is 13.0 Å². The number of aromatic nitrogens is 2. The van der Waals surface area contributed by atoms with Crippen LogP contribution in [0.15, 0.2) is 55.1 Å². The monoisotopic (exact) mass is 573 g/mol. The molecule has 2 amide bonds. The minimum Gasteiger partial charge on any atom is -0.397 e. The number of benzene rings is 1. The van der Waals surface area contributed by atoms with E-state index in [4.69, 9.17) is 17.3 Å². The molecule has 0 radical (unpaired) electrons. The van der Waals surface area contributed by atoms with Crippen LogP contribution in [0.1, 0.15) is 17.4 Å². The van der Waals surface area contributed by atoms with Crippen LogP contribution in [0, 0.1) is 5.92 Å². The Hall–Kier alpha value is -4.62.